The van der Waals surface area contributed by atoms with Gasteiger partial charge >= 0.3 is 5.97 Å². The lowest BCUT2D eigenvalue weighted by atomic mass is 9.95. The Balaban J connectivity index is 1.55. The smallest absolute Gasteiger partial charge is 0.305 e. The summed E-state index contributed by atoms with van der Waals surface area (Å²) >= 11 is 0. The number of allylic oxidation sites excluding steroid dienone is 2. The van der Waals surface area contributed by atoms with Crippen molar-refractivity contribution in [1.82, 2.24) is 0 Å². The number of carbonyl (C=O) groups is 2. The fraction of sp³-hybridized carbons (Fsp3) is 0.714. The summed E-state index contributed by atoms with van der Waals surface area (Å²) in [6.07, 6.45) is 8.23. The Bertz CT molecular complexity index is 348. The van der Waals surface area contributed by atoms with Crippen molar-refractivity contribution in [3.63, 3.8) is 0 Å². The summed E-state index contributed by atoms with van der Waals surface area (Å²) < 4.78 is 5.25. The molecule has 18 heavy (non-hydrogen) atoms. The average Bonchev–Trinajstić information content (AvgIpc) is 2.93. The molecule has 0 spiro atoms. The molecule has 3 unspecified atom stereocenters. The van der Waals surface area contributed by atoms with Gasteiger partial charge in [-0.15, -0.1) is 0 Å². The minimum atomic E-state index is -1.06. The number of hydrogen-bond acceptors (Lipinski definition) is 4. The minimum Gasteiger partial charge on any atom is -0.550 e. The molecule has 2 aliphatic rings. The summed E-state index contributed by atoms with van der Waals surface area (Å²) in [5.41, 5.74) is 0. The third kappa shape index (κ3) is 3.59. The van der Waals surface area contributed by atoms with E-state index in [1.807, 2.05) is 0 Å². The summed E-state index contributed by atoms with van der Waals surface area (Å²) in [7, 11) is 0. The van der Waals surface area contributed by atoms with Gasteiger partial charge in [0.1, 0.15) is 0 Å². The van der Waals surface area contributed by atoms with E-state index in [4.69, 9.17) is 4.74 Å². The first-order chi connectivity index (χ1) is 8.65. The number of rotatable bonds is 7. The fourth-order valence-corrected chi connectivity index (χ4v) is 2.90. The van der Waals surface area contributed by atoms with Crippen molar-refractivity contribution >= 4 is 11.9 Å². The molecule has 0 aliphatic heterocycles. The molecule has 3 atom stereocenters. The van der Waals surface area contributed by atoms with E-state index in [-0.39, 0.29) is 12.4 Å². The van der Waals surface area contributed by atoms with Crippen LogP contribution < -0.4 is 5.11 Å². The maximum absolute atomic E-state index is 11.4. The van der Waals surface area contributed by atoms with Crippen LogP contribution in [0.3, 0.4) is 0 Å². The number of unbranched alkanes of at least 4 members (excludes halogenated alkanes) is 1. The maximum atomic E-state index is 11.4. The molecule has 1 saturated carbocycles. The van der Waals surface area contributed by atoms with E-state index in [0.29, 0.717) is 43.6 Å². The van der Waals surface area contributed by atoms with Crippen LogP contribution in [0, 0.1) is 17.8 Å². The number of carboxylic acid groups (broad SMARTS) is 1. The van der Waals surface area contributed by atoms with Crippen LogP contribution in [0.4, 0.5) is 0 Å². The topological polar surface area (TPSA) is 66.4 Å². The van der Waals surface area contributed by atoms with Crippen LogP contribution in [0.5, 0.6) is 0 Å². The molecule has 2 bridgehead atoms. The summed E-state index contributed by atoms with van der Waals surface area (Å²) in [6.45, 7) is 0.519. The van der Waals surface area contributed by atoms with E-state index in [9.17, 15) is 14.7 Å². The molecule has 2 rings (SSSR count). The van der Waals surface area contributed by atoms with Crippen LogP contribution in [-0.2, 0) is 14.3 Å². The first-order valence-corrected chi connectivity index (χ1v) is 6.69. The monoisotopic (exact) mass is 251 g/mol. The number of carbonyl (C=O) groups excluding carboxylic acids is 2. The minimum absolute atomic E-state index is 0.0183. The van der Waals surface area contributed by atoms with E-state index >= 15 is 0 Å². The Kier molecular flexibility index (Phi) is 4.39. The molecule has 1 fully saturated rings. The third-order valence-electron chi connectivity index (χ3n) is 3.89. The van der Waals surface area contributed by atoms with Crippen molar-refractivity contribution in [1.29, 1.82) is 0 Å². The highest BCUT2D eigenvalue weighted by Gasteiger charge is 2.36. The molecule has 100 valence electrons. The van der Waals surface area contributed by atoms with E-state index in [2.05, 4.69) is 12.2 Å². The average molecular weight is 251 g/mol. The normalized spacial score (nSPS) is 28.6. The predicted octanol–water partition coefficient (Wildman–Crippen LogP) is 1.05. The van der Waals surface area contributed by atoms with Crippen LogP contribution in [0.2, 0.25) is 0 Å². The largest absolute Gasteiger partial charge is 0.550 e. The molecule has 0 radical (unpaired) electrons. The molecular weight excluding hydrogens is 232 g/mol. The van der Waals surface area contributed by atoms with Crippen LogP contribution in [0.15, 0.2) is 12.2 Å². The van der Waals surface area contributed by atoms with Gasteiger partial charge in [-0.05, 0) is 49.9 Å². The lowest BCUT2D eigenvalue weighted by Crippen LogP contribution is -2.21. The van der Waals surface area contributed by atoms with E-state index in [0.717, 1.165) is 6.42 Å². The van der Waals surface area contributed by atoms with Gasteiger partial charge in [-0.2, -0.15) is 0 Å². The van der Waals surface area contributed by atoms with Gasteiger partial charge < -0.3 is 14.6 Å². The molecule has 0 aromatic heterocycles. The molecule has 0 saturated heterocycles. The summed E-state index contributed by atoms with van der Waals surface area (Å²) in [5.74, 6) is 0.520. The Morgan fingerprint density at radius 1 is 1.17 bits per heavy atom. The number of esters is 1. The van der Waals surface area contributed by atoms with Crippen LogP contribution in [0.1, 0.15) is 38.5 Å². The first-order valence-electron chi connectivity index (χ1n) is 6.69. The fourth-order valence-electron chi connectivity index (χ4n) is 2.90. The lowest BCUT2D eigenvalue weighted by molar-refractivity contribution is -0.305. The second kappa shape index (κ2) is 6.03. The van der Waals surface area contributed by atoms with Crippen molar-refractivity contribution in [2.45, 2.75) is 38.5 Å². The highest BCUT2D eigenvalue weighted by molar-refractivity contribution is 5.69. The highest BCUT2D eigenvalue weighted by Crippen LogP contribution is 2.43. The van der Waals surface area contributed by atoms with E-state index < -0.39 is 5.97 Å². The molecule has 0 aromatic rings. The number of aliphatic carboxylic acids is 1. The Hall–Kier alpha value is -1.32. The van der Waals surface area contributed by atoms with Gasteiger partial charge in [-0.1, -0.05) is 12.2 Å². The molecule has 0 amide bonds. The number of carboxylic acids is 1. The zero-order valence-electron chi connectivity index (χ0n) is 10.5. The zero-order chi connectivity index (χ0) is 13.0. The van der Waals surface area contributed by atoms with Gasteiger partial charge in [0.05, 0.1) is 6.61 Å². The SMILES string of the molecule is O=C([O-])CCCCC(=O)OCC1CC2C=CC1C2. The standard InChI is InChI=1S/C14H20O4/c15-13(16)3-1-2-4-14(17)18-9-12-8-10-5-6-11(12)7-10/h5-6,10-12H,1-4,7-9H2,(H,15,16)/p-1. The van der Waals surface area contributed by atoms with Gasteiger partial charge in [0.2, 0.25) is 0 Å². The number of hydrogen-bond donors (Lipinski definition) is 0. The van der Waals surface area contributed by atoms with Gasteiger partial charge in [-0.25, -0.2) is 0 Å². The quantitative estimate of drug-likeness (QED) is 0.385. The van der Waals surface area contributed by atoms with Crippen molar-refractivity contribution in [2.75, 3.05) is 6.61 Å². The van der Waals surface area contributed by atoms with Crippen molar-refractivity contribution < 1.29 is 19.4 Å². The van der Waals surface area contributed by atoms with Crippen LogP contribution in [-0.4, -0.2) is 18.5 Å². The molecule has 0 N–H and O–H groups in total. The highest BCUT2D eigenvalue weighted by atomic mass is 16.5. The summed E-state index contributed by atoms with van der Waals surface area (Å²) in [4.78, 5) is 21.6. The van der Waals surface area contributed by atoms with Gasteiger partial charge in [0.15, 0.2) is 0 Å². The van der Waals surface area contributed by atoms with Gasteiger partial charge in [-0.3, -0.25) is 4.79 Å². The van der Waals surface area contributed by atoms with Crippen molar-refractivity contribution in [3.8, 4) is 0 Å². The Morgan fingerprint density at radius 3 is 2.56 bits per heavy atom. The second-order valence-corrected chi connectivity index (χ2v) is 5.30. The molecule has 4 nitrogen and oxygen atoms in total. The van der Waals surface area contributed by atoms with Gasteiger partial charge in [0.25, 0.3) is 0 Å². The summed E-state index contributed by atoms with van der Waals surface area (Å²) in [6, 6.07) is 0. The van der Waals surface area contributed by atoms with Gasteiger partial charge in [0, 0.05) is 12.4 Å². The van der Waals surface area contributed by atoms with Crippen molar-refractivity contribution in [3.05, 3.63) is 12.2 Å². The first kappa shape index (κ1) is 13.1. The number of fused-ring (bicyclic) bond motifs is 2. The van der Waals surface area contributed by atoms with Crippen LogP contribution >= 0.6 is 0 Å². The lowest BCUT2D eigenvalue weighted by Gasteiger charge is -2.17. The van der Waals surface area contributed by atoms with E-state index in [1.165, 1.54) is 6.42 Å². The maximum Gasteiger partial charge on any atom is 0.305 e. The molecular formula is C14H19O4-. The Morgan fingerprint density at radius 2 is 1.94 bits per heavy atom. The Labute approximate surface area is 107 Å². The molecule has 4 heteroatoms. The third-order valence-corrected chi connectivity index (χ3v) is 3.89. The van der Waals surface area contributed by atoms with Crippen molar-refractivity contribution in [2.24, 2.45) is 17.8 Å². The molecule has 0 aromatic carbocycles. The molecule has 2 aliphatic carbocycles. The molecule has 0 heterocycles. The summed E-state index contributed by atoms with van der Waals surface area (Å²) in [5, 5.41) is 10.2. The second-order valence-electron chi connectivity index (χ2n) is 5.30. The zero-order valence-corrected chi connectivity index (χ0v) is 10.5. The number of ether oxygens (including phenoxy) is 1. The van der Waals surface area contributed by atoms with Crippen LogP contribution in [0.25, 0.3) is 0 Å². The van der Waals surface area contributed by atoms with E-state index in [1.54, 1.807) is 0 Å². The predicted molar refractivity (Wildman–Crippen MR) is 63.3 cm³/mol.